The smallest absolute Gasteiger partial charge is 0.138 e. The molecule has 1 unspecified atom stereocenters. The minimum atomic E-state index is -0.652. The van der Waals surface area contributed by atoms with Gasteiger partial charge in [-0.1, -0.05) is 18.2 Å². The number of para-hydroxylation sites is 1. The zero-order valence-corrected chi connectivity index (χ0v) is 11.5. The first-order chi connectivity index (χ1) is 9.66. The van der Waals surface area contributed by atoms with E-state index in [4.69, 9.17) is 4.42 Å². The number of furan rings is 1. The Balaban J connectivity index is 1.89. The second-order valence-corrected chi connectivity index (χ2v) is 5.12. The number of hydrogen-bond acceptors (Lipinski definition) is 4. The molecule has 3 rings (SSSR count). The van der Waals surface area contributed by atoms with E-state index in [1.165, 1.54) is 6.33 Å². The summed E-state index contributed by atoms with van der Waals surface area (Å²) in [6.45, 7) is 4.08. The third-order valence-electron chi connectivity index (χ3n) is 3.38. The van der Waals surface area contributed by atoms with Gasteiger partial charge in [0.25, 0.3) is 0 Å². The molecule has 0 saturated heterocycles. The van der Waals surface area contributed by atoms with E-state index < -0.39 is 6.10 Å². The van der Waals surface area contributed by atoms with Crippen LogP contribution >= 0.6 is 0 Å². The lowest BCUT2D eigenvalue weighted by molar-refractivity contribution is 0.173. The van der Waals surface area contributed by atoms with Crippen LogP contribution in [0.4, 0.5) is 0 Å². The van der Waals surface area contributed by atoms with Crippen molar-refractivity contribution < 1.29 is 9.52 Å². The van der Waals surface area contributed by atoms with Gasteiger partial charge in [-0.25, -0.2) is 9.67 Å². The van der Waals surface area contributed by atoms with Crippen LogP contribution in [0.25, 0.3) is 11.0 Å². The fourth-order valence-electron chi connectivity index (χ4n) is 2.39. The number of rotatable bonds is 4. The van der Waals surface area contributed by atoms with E-state index in [0.717, 1.165) is 22.4 Å². The van der Waals surface area contributed by atoms with E-state index >= 15 is 0 Å². The summed E-state index contributed by atoms with van der Waals surface area (Å²) in [6, 6.07) is 7.91. The summed E-state index contributed by atoms with van der Waals surface area (Å²) in [7, 11) is 0. The van der Waals surface area contributed by atoms with Crippen LogP contribution in [0.3, 0.4) is 0 Å². The van der Waals surface area contributed by atoms with Gasteiger partial charge in [-0.2, -0.15) is 5.10 Å². The van der Waals surface area contributed by atoms with Crippen molar-refractivity contribution in [1.29, 1.82) is 0 Å². The third-order valence-corrected chi connectivity index (χ3v) is 3.38. The van der Waals surface area contributed by atoms with Crippen LogP contribution in [0.15, 0.2) is 41.3 Å². The quantitative estimate of drug-likeness (QED) is 0.792. The average Bonchev–Trinajstić information content (AvgIpc) is 3.04. The Morgan fingerprint density at radius 3 is 2.90 bits per heavy atom. The number of fused-ring (bicyclic) bond motifs is 1. The monoisotopic (exact) mass is 271 g/mol. The predicted octanol–water partition coefficient (Wildman–Crippen LogP) is 2.88. The highest BCUT2D eigenvalue weighted by Crippen LogP contribution is 2.28. The first-order valence-corrected chi connectivity index (χ1v) is 6.69. The van der Waals surface area contributed by atoms with Crippen molar-refractivity contribution in [2.45, 2.75) is 32.4 Å². The van der Waals surface area contributed by atoms with Crippen LogP contribution in [-0.4, -0.2) is 19.9 Å². The molecule has 0 aliphatic heterocycles. The van der Waals surface area contributed by atoms with Gasteiger partial charge in [0, 0.05) is 23.4 Å². The molecule has 1 atom stereocenters. The maximum atomic E-state index is 10.4. The Labute approximate surface area is 116 Å². The van der Waals surface area contributed by atoms with Crippen molar-refractivity contribution in [2.75, 3.05) is 0 Å². The summed E-state index contributed by atoms with van der Waals surface area (Å²) in [6.07, 6.45) is 2.91. The van der Waals surface area contributed by atoms with Gasteiger partial charge < -0.3 is 9.52 Å². The number of aromatic nitrogens is 3. The fourth-order valence-corrected chi connectivity index (χ4v) is 2.39. The van der Waals surface area contributed by atoms with Crippen LogP contribution < -0.4 is 0 Å². The van der Waals surface area contributed by atoms with Crippen LogP contribution in [-0.2, 0) is 6.42 Å². The van der Waals surface area contributed by atoms with Crippen molar-refractivity contribution in [1.82, 2.24) is 14.8 Å². The molecule has 104 valence electrons. The highest BCUT2D eigenvalue weighted by Gasteiger charge is 2.18. The summed E-state index contributed by atoms with van der Waals surface area (Å²) in [4.78, 5) is 4.23. The Kier molecular flexibility index (Phi) is 3.28. The zero-order chi connectivity index (χ0) is 14.1. The lowest BCUT2D eigenvalue weighted by Gasteiger charge is -2.12. The van der Waals surface area contributed by atoms with Crippen LogP contribution in [0.5, 0.6) is 0 Å². The molecule has 0 fully saturated rings. The molecule has 0 aliphatic rings. The van der Waals surface area contributed by atoms with Gasteiger partial charge in [-0.3, -0.25) is 0 Å². The van der Waals surface area contributed by atoms with E-state index in [2.05, 4.69) is 10.1 Å². The first kappa shape index (κ1) is 12.9. The molecule has 0 radical (unpaired) electrons. The summed E-state index contributed by atoms with van der Waals surface area (Å²) >= 11 is 0. The molecular formula is C15H17N3O2. The van der Waals surface area contributed by atoms with Crippen molar-refractivity contribution >= 4 is 11.0 Å². The molecule has 0 saturated carbocycles. The van der Waals surface area contributed by atoms with Gasteiger partial charge in [0.05, 0.1) is 12.4 Å². The molecule has 2 heterocycles. The number of aliphatic hydroxyl groups excluding tert-OH is 1. The van der Waals surface area contributed by atoms with Gasteiger partial charge in [0.1, 0.15) is 17.7 Å². The Bertz CT molecular complexity index is 715. The van der Waals surface area contributed by atoms with Crippen LogP contribution in [0, 0.1) is 0 Å². The highest BCUT2D eigenvalue weighted by molar-refractivity contribution is 5.81. The largest absolute Gasteiger partial charge is 0.464 e. The minimum absolute atomic E-state index is 0.223. The summed E-state index contributed by atoms with van der Waals surface area (Å²) in [5, 5.41) is 15.6. The molecule has 0 bridgehead atoms. The van der Waals surface area contributed by atoms with E-state index in [1.54, 1.807) is 6.26 Å². The predicted molar refractivity (Wildman–Crippen MR) is 75.3 cm³/mol. The van der Waals surface area contributed by atoms with Gasteiger partial charge in [0.2, 0.25) is 0 Å². The standard InChI is InChI=1S/C15H17N3O2/c1-10(2)18-15(16-9-17-18)7-13(19)12-8-20-14-6-4-3-5-11(12)14/h3-6,8-10,13,19H,7H2,1-2H3. The molecule has 1 aromatic carbocycles. The molecule has 0 aliphatic carbocycles. The topological polar surface area (TPSA) is 64.1 Å². The zero-order valence-electron chi connectivity index (χ0n) is 11.5. The first-order valence-electron chi connectivity index (χ1n) is 6.69. The van der Waals surface area contributed by atoms with Crippen LogP contribution in [0.1, 0.15) is 37.4 Å². The van der Waals surface area contributed by atoms with Crippen molar-refractivity contribution in [3.05, 3.63) is 48.2 Å². The second kappa shape index (κ2) is 5.09. The van der Waals surface area contributed by atoms with Crippen molar-refractivity contribution in [2.24, 2.45) is 0 Å². The number of benzene rings is 1. The number of hydrogen-bond donors (Lipinski definition) is 1. The average molecular weight is 271 g/mol. The molecule has 5 nitrogen and oxygen atoms in total. The third kappa shape index (κ3) is 2.20. The van der Waals surface area contributed by atoms with E-state index in [9.17, 15) is 5.11 Å². The van der Waals surface area contributed by atoms with Crippen molar-refractivity contribution in [3.63, 3.8) is 0 Å². The molecule has 0 spiro atoms. The Morgan fingerprint density at radius 2 is 2.10 bits per heavy atom. The minimum Gasteiger partial charge on any atom is -0.464 e. The Hall–Kier alpha value is -2.14. The summed E-state index contributed by atoms with van der Waals surface area (Å²) in [5.74, 6) is 0.776. The fraction of sp³-hybridized carbons (Fsp3) is 0.333. The molecule has 2 aromatic heterocycles. The van der Waals surface area contributed by atoms with Gasteiger partial charge in [-0.05, 0) is 19.9 Å². The Morgan fingerprint density at radius 1 is 1.30 bits per heavy atom. The van der Waals surface area contributed by atoms with E-state index in [-0.39, 0.29) is 6.04 Å². The molecule has 0 amide bonds. The molecule has 20 heavy (non-hydrogen) atoms. The molecule has 1 N–H and O–H groups in total. The SMILES string of the molecule is CC(C)n1ncnc1CC(O)c1coc2ccccc12. The van der Waals surface area contributed by atoms with Gasteiger partial charge >= 0.3 is 0 Å². The molecule has 3 aromatic rings. The van der Waals surface area contributed by atoms with E-state index in [0.29, 0.717) is 6.42 Å². The maximum Gasteiger partial charge on any atom is 0.138 e. The number of nitrogens with zero attached hydrogens (tertiary/aromatic N) is 3. The van der Waals surface area contributed by atoms with Gasteiger partial charge in [-0.15, -0.1) is 0 Å². The normalized spacial score (nSPS) is 13.2. The van der Waals surface area contributed by atoms with Crippen molar-refractivity contribution in [3.8, 4) is 0 Å². The molecule has 5 heteroatoms. The highest BCUT2D eigenvalue weighted by atomic mass is 16.3. The number of aliphatic hydroxyl groups is 1. The van der Waals surface area contributed by atoms with Gasteiger partial charge in [0.15, 0.2) is 0 Å². The lowest BCUT2D eigenvalue weighted by Crippen LogP contribution is -2.12. The lowest BCUT2D eigenvalue weighted by atomic mass is 10.1. The van der Waals surface area contributed by atoms with Crippen LogP contribution in [0.2, 0.25) is 0 Å². The summed E-state index contributed by atoms with van der Waals surface area (Å²) < 4.78 is 7.29. The second-order valence-electron chi connectivity index (χ2n) is 5.12. The maximum absolute atomic E-state index is 10.4. The van der Waals surface area contributed by atoms with E-state index in [1.807, 2.05) is 42.8 Å². The summed E-state index contributed by atoms with van der Waals surface area (Å²) in [5.41, 5.74) is 1.57. The molecular weight excluding hydrogens is 254 g/mol.